The van der Waals surface area contributed by atoms with Crippen molar-refractivity contribution in [2.75, 3.05) is 25.5 Å². The third-order valence-corrected chi connectivity index (χ3v) is 6.62. The molecule has 1 aliphatic heterocycles. The fourth-order valence-corrected chi connectivity index (χ4v) is 4.72. The van der Waals surface area contributed by atoms with Crippen molar-refractivity contribution in [3.05, 3.63) is 84.2 Å². The highest BCUT2D eigenvalue weighted by molar-refractivity contribution is 5.99. The zero-order valence-electron chi connectivity index (χ0n) is 19.9. The number of methoxy groups -OCH3 is 1. The molecule has 0 unspecified atom stereocenters. The summed E-state index contributed by atoms with van der Waals surface area (Å²) in [5, 5.41) is 4.07. The molecule has 186 valence electrons. The fourth-order valence-electron chi connectivity index (χ4n) is 4.72. The smallest absolute Gasteiger partial charge is 0.433 e. The monoisotopic (exact) mass is 492 g/mol. The molecule has 0 bridgehead atoms. The van der Waals surface area contributed by atoms with Crippen molar-refractivity contribution in [2.24, 2.45) is 0 Å². The topological polar surface area (TPSA) is 50.3 Å². The van der Waals surface area contributed by atoms with Crippen LogP contribution in [-0.4, -0.2) is 41.1 Å². The number of nitrogens with one attached hydrogen (secondary N) is 1. The molecular weight excluding hydrogens is 465 g/mol. The summed E-state index contributed by atoms with van der Waals surface area (Å²) in [4.78, 5) is 11.0. The molecule has 1 aliphatic rings. The molecule has 0 aliphatic carbocycles. The van der Waals surface area contributed by atoms with Gasteiger partial charge in [0.15, 0.2) is 0 Å². The standard InChI is InChI=1S/C28H27F3N4O/c1-36-24-10-6-5-9-20(24)18-35-15-13-21(14-16-35)33-27-22-11-12-25(28(29,30)31)34-26(22)23(17-32-27)19-7-3-2-4-8-19/h2-12,17,21H,13-16,18H2,1H3,(H,32,33). The van der Waals surface area contributed by atoms with E-state index in [1.54, 1.807) is 13.3 Å². The highest BCUT2D eigenvalue weighted by Gasteiger charge is 2.33. The van der Waals surface area contributed by atoms with Gasteiger partial charge in [-0.2, -0.15) is 13.2 Å². The Balaban J connectivity index is 1.36. The predicted molar refractivity (Wildman–Crippen MR) is 135 cm³/mol. The summed E-state index contributed by atoms with van der Waals surface area (Å²) in [6, 6.07) is 20.0. The van der Waals surface area contributed by atoms with E-state index in [4.69, 9.17) is 4.74 Å². The zero-order valence-corrected chi connectivity index (χ0v) is 19.9. The van der Waals surface area contributed by atoms with Gasteiger partial charge in [0.2, 0.25) is 0 Å². The van der Waals surface area contributed by atoms with E-state index in [0.29, 0.717) is 22.3 Å². The number of piperidine rings is 1. The van der Waals surface area contributed by atoms with Crippen molar-refractivity contribution < 1.29 is 17.9 Å². The average Bonchev–Trinajstić information content (AvgIpc) is 2.90. The van der Waals surface area contributed by atoms with Crippen LogP contribution >= 0.6 is 0 Å². The van der Waals surface area contributed by atoms with Gasteiger partial charge in [-0.1, -0.05) is 48.5 Å². The van der Waals surface area contributed by atoms with Crippen LogP contribution in [0, 0.1) is 0 Å². The second-order valence-corrected chi connectivity index (χ2v) is 8.98. The van der Waals surface area contributed by atoms with Gasteiger partial charge in [0.05, 0.1) is 12.6 Å². The Labute approximate surface area is 208 Å². The quantitative estimate of drug-likeness (QED) is 0.338. The maximum Gasteiger partial charge on any atom is 0.433 e. The number of benzene rings is 2. The lowest BCUT2D eigenvalue weighted by molar-refractivity contribution is -0.140. The Morgan fingerprint density at radius 1 is 0.972 bits per heavy atom. The van der Waals surface area contributed by atoms with Crippen molar-refractivity contribution in [2.45, 2.75) is 31.6 Å². The van der Waals surface area contributed by atoms with Gasteiger partial charge in [-0.15, -0.1) is 0 Å². The van der Waals surface area contributed by atoms with Gasteiger partial charge >= 0.3 is 6.18 Å². The van der Waals surface area contributed by atoms with Crippen LogP contribution in [0.2, 0.25) is 0 Å². The number of pyridine rings is 2. The number of hydrogen-bond acceptors (Lipinski definition) is 5. The first-order valence-electron chi connectivity index (χ1n) is 12.0. The van der Waals surface area contributed by atoms with Gasteiger partial charge in [-0.05, 0) is 36.6 Å². The first kappa shape index (κ1) is 24.1. The first-order chi connectivity index (χ1) is 17.4. The van der Waals surface area contributed by atoms with E-state index in [-0.39, 0.29) is 6.04 Å². The minimum Gasteiger partial charge on any atom is -0.496 e. The third kappa shape index (κ3) is 5.14. The molecule has 8 heteroatoms. The molecule has 5 rings (SSSR count). The van der Waals surface area contributed by atoms with Crippen molar-refractivity contribution in [3.63, 3.8) is 0 Å². The summed E-state index contributed by atoms with van der Waals surface area (Å²) in [6.07, 6.45) is -1.11. The van der Waals surface area contributed by atoms with E-state index in [0.717, 1.165) is 55.4 Å². The number of fused-ring (bicyclic) bond motifs is 1. The highest BCUT2D eigenvalue weighted by atomic mass is 19.4. The van der Waals surface area contributed by atoms with Gasteiger partial charge in [0.25, 0.3) is 0 Å². The summed E-state index contributed by atoms with van der Waals surface area (Å²) in [5.74, 6) is 1.45. The van der Waals surface area contributed by atoms with Crippen LogP contribution in [0.4, 0.5) is 19.0 Å². The summed E-state index contributed by atoms with van der Waals surface area (Å²) in [7, 11) is 1.68. The molecule has 0 spiro atoms. The molecule has 4 aromatic rings. The molecule has 2 aromatic carbocycles. The van der Waals surface area contributed by atoms with Crippen molar-refractivity contribution >= 4 is 16.7 Å². The number of para-hydroxylation sites is 1. The zero-order chi connectivity index (χ0) is 25.1. The van der Waals surface area contributed by atoms with Gasteiger partial charge in [0, 0.05) is 48.4 Å². The van der Waals surface area contributed by atoms with Gasteiger partial charge in [0.1, 0.15) is 17.3 Å². The van der Waals surface area contributed by atoms with Crippen LogP contribution < -0.4 is 10.1 Å². The molecule has 1 fully saturated rings. The number of halogens is 3. The van der Waals surface area contributed by atoms with E-state index < -0.39 is 11.9 Å². The van der Waals surface area contributed by atoms with E-state index >= 15 is 0 Å². The molecule has 36 heavy (non-hydrogen) atoms. The van der Waals surface area contributed by atoms with Crippen LogP contribution in [0.5, 0.6) is 5.75 Å². The number of ether oxygens (including phenoxy) is 1. The highest BCUT2D eigenvalue weighted by Crippen LogP contribution is 2.35. The lowest BCUT2D eigenvalue weighted by atomic mass is 10.0. The van der Waals surface area contributed by atoms with Gasteiger partial charge < -0.3 is 10.1 Å². The van der Waals surface area contributed by atoms with Gasteiger partial charge in [-0.25, -0.2) is 9.97 Å². The second-order valence-electron chi connectivity index (χ2n) is 8.98. The number of rotatable bonds is 6. The van der Waals surface area contributed by atoms with Gasteiger partial charge in [-0.3, -0.25) is 4.90 Å². The summed E-state index contributed by atoms with van der Waals surface area (Å²) >= 11 is 0. The minimum absolute atomic E-state index is 0.166. The average molecular weight is 493 g/mol. The number of hydrogen-bond donors (Lipinski definition) is 1. The molecular formula is C28H27F3N4O. The molecule has 0 amide bonds. The number of alkyl halides is 3. The lowest BCUT2D eigenvalue weighted by Gasteiger charge is -2.33. The maximum atomic E-state index is 13.5. The normalized spacial score (nSPS) is 15.2. The molecule has 0 atom stereocenters. The SMILES string of the molecule is COc1ccccc1CN1CCC(Nc2ncc(-c3ccccc3)c3nc(C(F)(F)F)ccc23)CC1. The predicted octanol–water partition coefficient (Wildman–Crippen LogP) is 6.40. The molecule has 1 N–H and O–H groups in total. The molecule has 0 radical (unpaired) electrons. The lowest BCUT2D eigenvalue weighted by Crippen LogP contribution is -2.38. The van der Waals surface area contributed by atoms with E-state index in [9.17, 15) is 13.2 Å². The second kappa shape index (κ2) is 10.1. The maximum absolute atomic E-state index is 13.5. The van der Waals surface area contributed by atoms with Crippen LogP contribution in [0.15, 0.2) is 72.9 Å². The largest absolute Gasteiger partial charge is 0.496 e. The Hall–Kier alpha value is -3.65. The minimum atomic E-state index is -4.52. The number of likely N-dealkylation sites (tertiary alicyclic amines) is 1. The Morgan fingerprint density at radius 3 is 2.42 bits per heavy atom. The molecule has 5 nitrogen and oxygen atoms in total. The van der Waals surface area contributed by atoms with Crippen molar-refractivity contribution in [1.29, 1.82) is 0 Å². The number of aromatic nitrogens is 2. The first-order valence-corrected chi connectivity index (χ1v) is 12.0. The molecule has 3 heterocycles. The Bertz CT molecular complexity index is 1340. The molecule has 2 aromatic heterocycles. The summed E-state index contributed by atoms with van der Waals surface area (Å²) < 4.78 is 45.8. The molecule has 0 saturated carbocycles. The number of anilines is 1. The van der Waals surface area contributed by atoms with Crippen LogP contribution in [0.25, 0.3) is 22.0 Å². The number of nitrogens with zero attached hydrogens (tertiary/aromatic N) is 3. The summed E-state index contributed by atoms with van der Waals surface area (Å²) in [6.45, 7) is 2.60. The Kier molecular flexibility index (Phi) is 6.78. The van der Waals surface area contributed by atoms with E-state index in [2.05, 4.69) is 26.3 Å². The van der Waals surface area contributed by atoms with Crippen LogP contribution in [0.3, 0.4) is 0 Å². The van der Waals surface area contributed by atoms with Crippen molar-refractivity contribution in [1.82, 2.24) is 14.9 Å². The van der Waals surface area contributed by atoms with E-state index in [1.165, 1.54) is 6.07 Å². The Morgan fingerprint density at radius 2 is 1.69 bits per heavy atom. The van der Waals surface area contributed by atoms with Crippen LogP contribution in [-0.2, 0) is 12.7 Å². The van der Waals surface area contributed by atoms with Crippen molar-refractivity contribution in [3.8, 4) is 16.9 Å². The molecule has 1 saturated heterocycles. The summed E-state index contributed by atoms with van der Waals surface area (Å²) in [5.41, 5.74) is 1.89. The van der Waals surface area contributed by atoms with Crippen LogP contribution in [0.1, 0.15) is 24.1 Å². The fraction of sp³-hybridized carbons (Fsp3) is 0.286. The van der Waals surface area contributed by atoms with E-state index in [1.807, 2.05) is 48.5 Å². The third-order valence-electron chi connectivity index (χ3n) is 6.62.